The average Bonchev–Trinajstić information content (AvgIpc) is 3.09. The van der Waals surface area contributed by atoms with E-state index < -0.39 is 5.54 Å². The number of aromatic nitrogens is 1. The molecule has 2 heterocycles. The first kappa shape index (κ1) is 13.5. The number of para-hydroxylation sites is 1. The van der Waals surface area contributed by atoms with Crippen LogP contribution in [0, 0.1) is 0 Å². The maximum absolute atomic E-state index is 12.3. The molecular formula is C16H17N3O2. The molecule has 0 aliphatic heterocycles. The van der Waals surface area contributed by atoms with E-state index in [2.05, 4.69) is 10.3 Å². The van der Waals surface area contributed by atoms with Crippen LogP contribution in [0.25, 0.3) is 10.9 Å². The van der Waals surface area contributed by atoms with E-state index in [9.17, 15) is 4.79 Å². The van der Waals surface area contributed by atoms with E-state index in [0.717, 1.165) is 16.5 Å². The first-order valence-corrected chi connectivity index (χ1v) is 6.75. The molecule has 0 aliphatic rings. The molecule has 5 nitrogen and oxygen atoms in total. The number of nitrogens with two attached hydrogens (primary N) is 1. The van der Waals surface area contributed by atoms with E-state index in [1.165, 1.54) is 6.26 Å². The van der Waals surface area contributed by atoms with Crippen LogP contribution in [0.3, 0.4) is 0 Å². The lowest BCUT2D eigenvalue weighted by Crippen LogP contribution is -2.50. The summed E-state index contributed by atoms with van der Waals surface area (Å²) in [4.78, 5) is 15.5. The highest BCUT2D eigenvalue weighted by Crippen LogP contribution is 2.22. The van der Waals surface area contributed by atoms with Gasteiger partial charge in [0.25, 0.3) is 0 Å². The lowest BCUT2D eigenvalue weighted by Gasteiger charge is -2.22. The van der Waals surface area contributed by atoms with Crippen LogP contribution in [0.5, 0.6) is 0 Å². The summed E-state index contributed by atoms with van der Waals surface area (Å²) in [6.07, 6.45) is 3.84. The Hall–Kier alpha value is -2.53. The average molecular weight is 283 g/mol. The number of aromatic amines is 1. The Labute approximate surface area is 122 Å². The smallest absolute Gasteiger partial charge is 0.246 e. The molecule has 3 rings (SSSR count). The number of carbonyl (C=O) groups is 1. The van der Waals surface area contributed by atoms with E-state index in [-0.39, 0.29) is 5.91 Å². The molecule has 5 heteroatoms. The van der Waals surface area contributed by atoms with Gasteiger partial charge in [0.05, 0.1) is 11.8 Å². The van der Waals surface area contributed by atoms with Crippen LogP contribution in [-0.2, 0) is 11.2 Å². The van der Waals surface area contributed by atoms with Crippen molar-refractivity contribution in [2.24, 2.45) is 5.73 Å². The number of H-pyrrole nitrogens is 1. The Balaban J connectivity index is 1.80. The molecule has 0 bridgehead atoms. The Morgan fingerprint density at radius 3 is 2.90 bits per heavy atom. The molecular weight excluding hydrogens is 266 g/mol. The van der Waals surface area contributed by atoms with Crippen molar-refractivity contribution in [1.82, 2.24) is 4.98 Å². The molecule has 1 aromatic carbocycles. The zero-order valence-corrected chi connectivity index (χ0v) is 11.7. The van der Waals surface area contributed by atoms with Gasteiger partial charge in [0.15, 0.2) is 5.88 Å². The second-order valence-corrected chi connectivity index (χ2v) is 5.39. The van der Waals surface area contributed by atoms with Crippen molar-refractivity contribution in [3.63, 3.8) is 0 Å². The van der Waals surface area contributed by atoms with Gasteiger partial charge in [-0.25, -0.2) is 0 Å². The molecule has 1 atom stereocenters. The Bertz CT molecular complexity index is 757. The maximum Gasteiger partial charge on any atom is 0.246 e. The highest BCUT2D eigenvalue weighted by atomic mass is 16.3. The summed E-state index contributed by atoms with van der Waals surface area (Å²) < 4.78 is 5.11. The molecule has 0 fully saturated rings. The monoisotopic (exact) mass is 283 g/mol. The number of carbonyl (C=O) groups excluding carboxylic acids is 1. The summed E-state index contributed by atoms with van der Waals surface area (Å²) in [6, 6.07) is 11.3. The van der Waals surface area contributed by atoms with E-state index in [1.807, 2.05) is 30.5 Å². The first-order valence-electron chi connectivity index (χ1n) is 6.75. The van der Waals surface area contributed by atoms with Crippen molar-refractivity contribution in [3.05, 3.63) is 54.4 Å². The third-order valence-electron chi connectivity index (χ3n) is 3.51. The fourth-order valence-corrected chi connectivity index (χ4v) is 2.36. The van der Waals surface area contributed by atoms with Crippen molar-refractivity contribution in [1.29, 1.82) is 0 Å². The fourth-order valence-electron chi connectivity index (χ4n) is 2.36. The molecule has 0 aliphatic carbocycles. The van der Waals surface area contributed by atoms with Gasteiger partial charge >= 0.3 is 0 Å². The number of hydrogen-bond donors (Lipinski definition) is 3. The predicted octanol–water partition coefficient (Wildman–Crippen LogP) is 2.66. The van der Waals surface area contributed by atoms with Crippen molar-refractivity contribution >= 4 is 22.7 Å². The number of anilines is 1. The first-order chi connectivity index (χ1) is 10.1. The molecule has 0 spiro atoms. The molecule has 108 valence electrons. The minimum atomic E-state index is -1.03. The van der Waals surface area contributed by atoms with Gasteiger partial charge in [0, 0.05) is 29.6 Å². The largest absolute Gasteiger partial charge is 0.449 e. The third-order valence-corrected chi connectivity index (χ3v) is 3.51. The molecule has 0 saturated heterocycles. The normalized spacial score (nSPS) is 14.0. The second kappa shape index (κ2) is 5.10. The topological polar surface area (TPSA) is 84.0 Å². The highest BCUT2D eigenvalue weighted by Gasteiger charge is 2.30. The third kappa shape index (κ3) is 2.68. The number of nitrogens with one attached hydrogen (secondary N) is 2. The van der Waals surface area contributed by atoms with Crippen LogP contribution < -0.4 is 11.1 Å². The van der Waals surface area contributed by atoms with Gasteiger partial charge in [0.2, 0.25) is 5.91 Å². The minimum Gasteiger partial charge on any atom is -0.449 e. The predicted molar refractivity (Wildman–Crippen MR) is 81.9 cm³/mol. The van der Waals surface area contributed by atoms with Crippen LogP contribution in [-0.4, -0.2) is 16.4 Å². The standard InChI is InChI=1S/C16H17N3O2/c1-16(17,15(20)19-14-7-4-8-21-14)9-11-10-18-13-6-3-2-5-12(11)13/h2-8,10,18H,9,17H2,1H3,(H,19,20)/t16-/m0/s1. The van der Waals surface area contributed by atoms with Crippen LogP contribution in [0.2, 0.25) is 0 Å². The summed E-state index contributed by atoms with van der Waals surface area (Å²) >= 11 is 0. The SMILES string of the molecule is C[C@](N)(Cc1c[nH]c2ccccc12)C(=O)Nc1ccco1. The van der Waals surface area contributed by atoms with E-state index in [4.69, 9.17) is 10.2 Å². The highest BCUT2D eigenvalue weighted by molar-refractivity contribution is 5.97. The summed E-state index contributed by atoms with van der Waals surface area (Å²) in [5.41, 5.74) is 7.22. The van der Waals surface area contributed by atoms with Gasteiger partial charge in [0.1, 0.15) is 0 Å². The lowest BCUT2D eigenvalue weighted by atomic mass is 9.93. The second-order valence-electron chi connectivity index (χ2n) is 5.39. The van der Waals surface area contributed by atoms with Gasteiger partial charge in [-0.1, -0.05) is 18.2 Å². The van der Waals surface area contributed by atoms with Gasteiger partial charge in [-0.05, 0) is 24.6 Å². The van der Waals surface area contributed by atoms with Crippen molar-refractivity contribution in [3.8, 4) is 0 Å². The Kier molecular flexibility index (Phi) is 3.27. The van der Waals surface area contributed by atoms with E-state index in [0.29, 0.717) is 12.3 Å². The van der Waals surface area contributed by atoms with Crippen LogP contribution in [0.1, 0.15) is 12.5 Å². The zero-order chi connectivity index (χ0) is 14.9. The van der Waals surface area contributed by atoms with E-state index >= 15 is 0 Å². The van der Waals surface area contributed by atoms with Crippen LogP contribution >= 0.6 is 0 Å². The number of fused-ring (bicyclic) bond motifs is 1. The molecule has 21 heavy (non-hydrogen) atoms. The molecule has 2 aromatic heterocycles. The van der Waals surface area contributed by atoms with E-state index in [1.54, 1.807) is 19.1 Å². The summed E-state index contributed by atoms with van der Waals surface area (Å²) in [7, 11) is 0. The number of furan rings is 1. The Morgan fingerprint density at radius 1 is 1.33 bits per heavy atom. The summed E-state index contributed by atoms with van der Waals surface area (Å²) in [5.74, 6) is 0.123. The van der Waals surface area contributed by atoms with Gasteiger partial charge in [-0.3, -0.25) is 10.1 Å². The summed E-state index contributed by atoms with van der Waals surface area (Å²) in [6.45, 7) is 1.72. The molecule has 1 amide bonds. The molecule has 4 N–H and O–H groups in total. The molecule has 0 saturated carbocycles. The van der Waals surface area contributed by atoms with Crippen LogP contribution in [0.4, 0.5) is 5.88 Å². The molecule has 0 unspecified atom stereocenters. The molecule has 0 radical (unpaired) electrons. The fraction of sp³-hybridized carbons (Fsp3) is 0.188. The number of rotatable bonds is 4. The van der Waals surface area contributed by atoms with Gasteiger partial charge in [-0.2, -0.15) is 0 Å². The summed E-state index contributed by atoms with van der Waals surface area (Å²) in [5, 5.41) is 3.77. The Morgan fingerprint density at radius 2 is 2.14 bits per heavy atom. The number of hydrogen-bond acceptors (Lipinski definition) is 3. The zero-order valence-electron chi connectivity index (χ0n) is 11.7. The van der Waals surface area contributed by atoms with Crippen LogP contribution in [0.15, 0.2) is 53.3 Å². The van der Waals surface area contributed by atoms with Gasteiger partial charge in [-0.15, -0.1) is 0 Å². The van der Waals surface area contributed by atoms with Crippen molar-refractivity contribution in [2.45, 2.75) is 18.9 Å². The lowest BCUT2D eigenvalue weighted by molar-refractivity contribution is -0.120. The van der Waals surface area contributed by atoms with Crippen molar-refractivity contribution < 1.29 is 9.21 Å². The molecule has 3 aromatic rings. The minimum absolute atomic E-state index is 0.275. The quantitative estimate of drug-likeness (QED) is 0.688. The number of benzene rings is 1. The number of amides is 1. The maximum atomic E-state index is 12.3. The van der Waals surface area contributed by atoms with Gasteiger partial charge < -0.3 is 15.1 Å². The van der Waals surface area contributed by atoms with Crippen molar-refractivity contribution in [2.75, 3.05) is 5.32 Å².